The average Bonchev–Trinajstić information content (AvgIpc) is 3.05. The molecule has 0 spiro atoms. The van der Waals surface area contributed by atoms with E-state index in [0.29, 0.717) is 11.3 Å². The molecule has 1 saturated heterocycles. The molecular formula is C24H20N4O4S. The van der Waals surface area contributed by atoms with Crippen LogP contribution in [0.4, 0.5) is 5.69 Å². The first kappa shape index (κ1) is 22.1. The monoisotopic (exact) mass is 460 g/mol. The molecule has 0 unspecified atom stereocenters. The summed E-state index contributed by atoms with van der Waals surface area (Å²) in [5, 5.41) is 11.6. The van der Waals surface area contributed by atoms with Crippen molar-refractivity contribution in [2.45, 2.75) is 20.8 Å². The molecule has 0 atom stereocenters. The molecule has 3 aromatic rings. The Morgan fingerprint density at radius 2 is 1.79 bits per heavy atom. The first-order valence-electron chi connectivity index (χ1n) is 10.0. The summed E-state index contributed by atoms with van der Waals surface area (Å²) >= 11 is 5.21. The largest absolute Gasteiger partial charge is 0.478 e. The number of rotatable bonds is 4. The molecule has 0 saturated carbocycles. The van der Waals surface area contributed by atoms with Gasteiger partial charge in [0, 0.05) is 17.6 Å². The molecule has 1 aliphatic rings. The minimum atomic E-state index is -1.08. The van der Waals surface area contributed by atoms with Gasteiger partial charge in [-0.25, -0.2) is 9.78 Å². The fraction of sp³-hybridized carbons (Fsp3) is 0.125. The van der Waals surface area contributed by atoms with E-state index in [0.717, 1.165) is 22.8 Å². The fourth-order valence-corrected chi connectivity index (χ4v) is 3.96. The number of aromatic carboxylic acids is 1. The number of aryl methyl sites for hydroxylation is 2. The quantitative estimate of drug-likeness (QED) is 0.352. The number of amides is 2. The number of benzene rings is 1. The highest BCUT2D eigenvalue weighted by molar-refractivity contribution is 7.80. The minimum absolute atomic E-state index is 0.0699. The first-order valence-corrected chi connectivity index (χ1v) is 10.4. The highest BCUT2D eigenvalue weighted by Crippen LogP contribution is 2.26. The third-order valence-electron chi connectivity index (χ3n) is 5.37. The summed E-state index contributed by atoms with van der Waals surface area (Å²) in [6, 6.07) is 11.4. The lowest BCUT2D eigenvalue weighted by Gasteiger charge is -2.29. The van der Waals surface area contributed by atoms with Crippen molar-refractivity contribution in [3.8, 4) is 5.82 Å². The minimum Gasteiger partial charge on any atom is -0.478 e. The van der Waals surface area contributed by atoms with Gasteiger partial charge in [0.15, 0.2) is 5.11 Å². The average molecular weight is 461 g/mol. The normalized spacial score (nSPS) is 15.2. The van der Waals surface area contributed by atoms with Gasteiger partial charge in [0.25, 0.3) is 11.8 Å². The number of nitrogens with one attached hydrogen (secondary N) is 1. The van der Waals surface area contributed by atoms with Crippen LogP contribution in [0.2, 0.25) is 0 Å². The van der Waals surface area contributed by atoms with Crippen LogP contribution in [-0.4, -0.2) is 37.6 Å². The van der Waals surface area contributed by atoms with Crippen LogP contribution in [0.5, 0.6) is 0 Å². The van der Waals surface area contributed by atoms with Gasteiger partial charge in [-0.3, -0.25) is 19.8 Å². The zero-order chi connectivity index (χ0) is 23.9. The lowest BCUT2D eigenvalue weighted by Crippen LogP contribution is -2.54. The van der Waals surface area contributed by atoms with Gasteiger partial charge in [-0.05, 0) is 86.6 Å². The van der Waals surface area contributed by atoms with Gasteiger partial charge in [0.1, 0.15) is 11.4 Å². The second-order valence-electron chi connectivity index (χ2n) is 7.67. The van der Waals surface area contributed by atoms with E-state index in [1.54, 1.807) is 6.20 Å². The van der Waals surface area contributed by atoms with E-state index < -0.39 is 17.8 Å². The molecular weight excluding hydrogens is 440 g/mol. The number of carbonyl (C=O) groups excluding carboxylic acids is 2. The number of aromatic nitrogens is 2. The van der Waals surface area contributed by atoms with Gasteiger partial charge in [-0.2, -0.15) is 0 Å². The van der Waals surface area contributed by atoms with Crippen molar-refractivity contribution in [2.75, 3.05) is 4.90 Å². The number of carbonyl (C=O) groups is 3. The highest BCUT2D eigenvalue weighted by atomic mass is 32.1. The van der Waals surface area contributed by atoms with E-state index in [2.05, 4.69) is 10.3 Å². The van der Waals surface area contributed by atoms with Gasteiger partial charge in [-0.1, -0.05) is 6.07 Å². The highest BCUT2D eigenvalue weighted by Gasteiger charge is 2.34. The molecule has 8 nitrogen and oxygen atoms in total. The maximum absolute atomic E-state index is 13.3. The molecule has 1 aliphatic heterocycles. The number of anilines is 1. The maximum Gasteiger partial charge on any atom is 0.335 e. The zero-order valence-electron chi connectivity index (χ0n) is 18.1. The first-order chi connectivity index (χ1) is 15.7. The summed E-state index contributed by atoms with van der Waals surface area (Å²) in [6.45, 7) is 5.77. The summed E-state index contributed by atoms with van der Waals surface area (Å²) < 4.78 is 1.95. The summed E-state index contributed by atoms with van der Waals surface area (Å²) in [7, 11) is 0. The van der Waals surface area contributed by atoms with Gasteiger partial charge in [-0.15, -0.1) is 0 Å². The second-order valence-corrected chi connectivity index (χ2v) is 8.05. The lowest BCUT2D eigenvalue weighted by atomic mass is 10.1. The van der Waals surface area contributed by atoms with Crippen molar-refractivity contribution < 1.29 is 19.5 Å². The number of carboxylic acids is 1. The Hall–Kier alpha value is -4.11. The number of hydrogen-bond donors (Lipinski definition) is 2. The molecule has 1 fully saturated rings. The Morgan fingerprint density at radius 3 is 2.39 bits per heavy atom. The zero-order valence-corrected chi connectivity index (χ0v) is 18.9. The van der Waals surface area contributed by atoms with Gasteiger partial charge in [0.05, 0.1) is 11.3 Å². The standard InChI is InChI=1S/C24H20N4O4S/c1-13-4-9-20(25-12-13)27-14(2)10-17(15(27)3)11-19-21(29)26-24(33)28(22(19)30)18-7-5-16(6-8-18)23(31)32/h4-12H,1-3H3,(H,31,32)(H,26,29,33)/b19-11+. The molecule has 4 rings (SSSR count). The molecule has 1 aromatic carbocycles. The Bertz CT molecular complexity index is 1340. The van der Waals surface area contributed by atoms with E-state index in [-0.39, 0.29) is 16.2 Å². The van der Waals surface area contributed by atoms with E-state index in [1.165, 1.54) is 35.2 Å². The van der Waals surface area contributed by atoms with Crippen molar-refractivity contribution in [2.24, 2.45) is 0 Å². The second kappa shape index (κ2) is 8.44. The topological polar surface area (TPSA) is 105 Å². The molecule has 2 N–H and O–H groups in total. The molecule has 0 bridgehead atoms. The van der Waals surface area contributed by atoms with Crippen molar-refractivity contribution in [1.29, 1.82) is 0 Å². The maximum atomic E-state index is 13.3. The van der Waals surface area contributed by atoms with E-state index >= 15 is 0 Å². The molecule has 3 heterocycles. The van der Waals surface area contributed by atoms with Crippen LogP contribution in [0, 0.1) is 20.8 Å². The van der Waals surface area contributed by atoms with Gasteiger partial charge < -0.3 is 9.67 Å². The SMILES string of the molecule is Cc1ccc(-n2c(C)cc(/C=C3\C(=O)NC(=S)N(c4ccc(C(=O)O)cc4)C3=O)c2C)nc1. The molecule has 0 aliphatic carbocycles. The number of pyridine rings is 1. The predicted molar refractivity (Wildman–Crippen MR) is 127 cm³/mol. The van der Waals surface area contributed by atoms with Crippen LogP contribution in [-0.2, 0) is 9.59 Å². The van der Waals surface area contributed by atoms with Crippen LogP contribution in [0.25, 0.3) is 11.9 Å². The Balaban J connectivity index is 1.73. The lowest BCUT2D eigenvalue weighted by molar-refractivity contribution is -0.122. The molecule has 33 heavy (non-hydrogen) atoms. The van der Waals surface area contributed by atoms with Crippen LogP contribution in [0.1, 0.15) is 32.9 Å². The number of thiocarbonyl (C=S) groups is 1. The van der Waals surface area contributed by atoms with E-state index in [9.17, 15) is 14.4 Å². The van der Waals surface area contributed by atoms with Gasteiger partial charge in [0.2, 0.25) is 0 Å². The Labute approximate surface area is 195 Å². The molecule has 166 valence electrons. The summed E-state index contributed by atoms with van der Waals surface area (Å²) in [5.74, 6) is -1.53. The van der Waals surface area contributed by atoms with E-state index in [1.807, 2.05) is 43.5 Å². The van der Waals surface area contributed by atoms with Crippen LogP contribution in [0.3, 0.4) is 0 Å². The van der Waals surface area contributed by atoms with Crippen molar-refractivity contribution in [1.82, 2.24) is 14.9 Å². The fourth-order valence-electron chi connectivity index (χ4n) is 3.68. The van der Waals surface area contributed by atoms with Crippen LogP contribution >= 0.6 is 12.2 Å². The molecule has 9 heteroatoms. The smallest absolute Gasteiger partial charge is 0.335 e. The molecule has 0 radical (unpaired) electrons. The van der Waals surface area contributed by atoms with Crippen molar-refractivity contribution in [3.05, 3.63) is 82.3 Å². The summed E-state index contributed by atoms with van der Waals surface area (Å²) in [4.78, 5) is 42.7. The Morgan fingerprint density at radius 1 is 1.09 bits per heavy atom. The van der Waals surface area contributed by atoms with Crippen molar-refractivity contribution >= 4 is 46.9 Å². The number of carboxylic acid groups (broad SMARTS) is 1. The molecule has 2 aromatic heterocycles. The van der Waals surface area contributed by atoms with Crippen molar-refractivity contribution in [3.63, 3.8) is 0 Å². The van der Waals surface area contributed by atoms with Gasteiger partial charge >= 0.3 is 5.97 Å². The Kier molecular flexibility index (Phi) is 5.65. The summed E-state index contributed by atoms with van der Waals surface area (Å²) in [5.41, 5.74) is 3.81. The number of nitrogens with zero attached hydrogens (tertiary/aromatic N) is 3. The molecule has 2 amide bonds. The summed E-state index contributed by atoms with van der Waals surface area (Å²) in [6.07, 6.45) is 3.31. The third-order valence-corrected chi connectivity index (χ3v) is 5.65. The number of hydrogen-bond acceptors (Lipinski definition) is 5. The predicted octanol–water partition coefficient (Wildman–Crippen LogP) is 3.33. The van der Waals surface area contributed by atoms with E-state index in [4.69, 9.17) is 17.3 Å². The van der Waals surface area contributed by atoms with Crippen LogP contribution < -0.4 is 10.2 Å². The van der Waals surface area contributed by atoms with Crippen LogP contribution in [0.15, 0.2) is 54.2 Å². The third kappa shape index (κ3) is 4.06.